The van der Waals surface area contributed by atoms with Gasteiger partial charge in [-0.2, -0.15) is 13.2 Å². The molecule has 2 N–H and O–H groups in total. The number of fused-ring (bicyclic) bond motifs is 1. The van der Waals surface area contributed by atoms with E-state index in [4.69, 9.17) is 14.6 Å². The Morgan fingerprint density at radius 3 is 2.54 bits per heavy atom. The monoisotopic (exact) mass is 446 g/mol. The largest absolute Gasteiger partial charge is 0.490 e. The van der Waals surface area contributed by atoms with Gasteiger partial charge in [-0.05, 0) is 13.8 Å². The van der Waals surface area contributed by atoms with Crippen LogP contribution in [0.1, 0.15) is 11.9 Å². The molecule has 28 heavy (non-hydrogen) atoms. The Morgan fingerprint density at radius 1 is 1.39 bits per heavy atom. The number of alkyl halides is 3. The number of ether oxygens (including phenoxy) is 1. The molecule has 0 aromatic carbocycles. The summed E-state index contributed by atoms with van der Waals surface area (Å²) in [5.41, 5.74) is 0. The molecule has 2 fully saturated rings. The summed E-state index contributed by atoms with van der Waals surface area (Å²) >= 11 is 1.58. The van der Waals surface area contributed by atoms with Crippen LogP contribution in [-0.2, 0) is 19.6 Å². The first-order valence-corrected chi connectivity index (χ1v) is 10.8. The van der Waals surface area contributed by atoms with Crippen LogP contribution in [0.3, 0.4) is 0 Å². The van der Waals surface area contributed by atoms with E-state index < -0.39 is 22.2 Å². The van der Waals surface area contributed by atoms with Gasteiger partial charge >= 0.3 is 12.1 Å². The molecule has 2 saturated heterocycles. The Hall–Kier alpha value is -1.51. The van der Waals surface area contributed by atoms with E-state index in [1.807, 2.05) is 6.92 Å². The number of carboxylic acids is 1. The molecule has 0 saturated carbocycles. The van der Waals surface area contributed by atoms with E-state index in [-0.39, 0.29) is 17.8 Å². The number of aliphatic carboxylic acids is 1. The lowest BCUT2D eigenvalue weighted by molar-refractivity contribution is -0.192. The van der Waals surface area contributed by atoms with Crippen LogP contribution >= 0.6 is 11.3 Å². The fourth-order valence-corrected chi connectivity index (χ4v) is 4.29. The van der Waals surface area contributed by atoms with Gasteiger partial charge in [0, 0.05) is 31.5 Å². The first-order chi connectivity index (χ1) is 12.9. The second kappa shape index (κ2) is 8.88. The zero-order chi connectivity index (χ0) is 21.1. The van der Waals surface area contributed by atoms with Crippen molar-refractivity contribution in [3.8, 4) is 0 Å². The maximum absolute atomic E-state index is 11.6. The quantitative estimate of drug-likeness (QED) is 0.683. The number of sulfonamides is 1. The summed E-state index contributed by atoms with van der Waals surface area (Å²) < 4.78 is 63.3. The molecule has 2 aliphatic rings. The van der Waals surface area contributed by atoms with E-state index in [9.17, 15) is 21.6 Å². The lowest BCUT2D eigenvalue weighted by atomic mass is 9.93. The third-order valence-electron chi connectivity index (χ3n) is 4.41. The summed E-state index contributed by atoms with van der Waals surface area (Å²) in [6, 6.07) is 0. The summed E-state index contributed by atoms with van der Waals surface area (Å²) in [7, 11) is -3.14. The van der Waals surface area contributed by atoms with Gasteiger partial charge in [-0.3, -0.25) is 0 Å². The molecular weight excluding hydrogens is 425 g/mol. The molecule has 3 rings (SSSR count). The first kappa shape index (κ1) is 22.8. The fraction of sp³-hybridized carbons (Fsp3) is 0.786. The Balaban J connectivity index is 0.000000345. The van der Waals surface area contributed by atoms with Gasteiger partial charge in [0.25, 0.3) is 0 Å². The molecule has 0 spiro atoms. The second-order valence-corrected chi connectivity index (χ2v) is 9.61. The number of carbonyl (C=O) groups is 1. The number of halogens is 3. The van der Waals surface area contributed by atoms with Crippen LogP contribution in [0.2, 0.25) is 0 Å². The topological polar surface area (TPSA) is 122 Å². The van der Waals surface area contributed by atoms with Crippen molar-refractivity contribution in [2.24, 2.45) is 11.8 Å². The van der Waals surface area contributed by atoms with Gasteiger partial charge < -0.3 is 14.7 Å². The van der Waals surface area contributed by atoms with E-state index in [0.717, 1.165) is 23.2 Å². The van der Waals surface area contributed by atoms with Crippen molar-refractivity contribution in [1.29, 1.82) is 0 Å². The summed E-state index contributed by atoms with van der Waals surface area (Å²) in [6.07, 6.45) is -4.91. The average Bonchev–Trinajstić information content (AvgIpc) is 3.28. The number of nitrogens with zero attached hydrogens (tertiary/aromatic N) is 3. The van der Waals surface area contributed by atoms with Crippen LogP contribution in [0.4, 0.5) is 18.3 Å². The molecule has 0 radical (unpaired) electrons. The standard InChI is InChI=1S/C12H20N4O3S2.C2HF3O2/c1-3-21(17,18)13-4-9-7-19-11-6-16(5-10(9)11)12-15-14-8(2)20-12;3-2(4,5)1(6)7/h9-11,13H,3-7H2,1-2H3;(H,6,7)/t9-,10+,11+;/m0./s1. The molecule has 1 aromatic rings. The zero-order valence-corrected chi connectivity index (χ0v) is 16.8. The maximum Gasteiger partial charge on any atom is 0.490 e. The highest BCUT2D eigenvalue weighted by Crippen LogP contribution is 2.36. The van der Waals surface area contributed by atoms with Crippen molar-refractivity contribution in [2.75, 3.05) is 36.9 Å². The maximum atomic E-state index is 11.6. The van der Waals surface area contributed by atoms with Crippen LogP contribution in [0.5, 0.6) is 0 Å². The number of hydrogen-bond donors (Lipinski definition) is 2. The molecule has 3 atom stereocenters. The Kier molecular flexibility index (Phi) is 7.22. The molecule has 0 amide bonds. The molecule has 0 aliphatic carbocycles. The van der Waals surface area contributed by atoms with Crippen LogP contribution in [0, 0.1) is 18.8 Å². The van der Waals surface area contributed by atoms with Crippen LogP contribution < -0.4 is 9.62 Å². The van der Waals surface area contributed by atoms with Gasteiger partial charge in [-0.15, -0.1) is 10.2 Å². The molecule has 9 nitrogen and oxygen atoms in total. The van der Waals surface area contributed by atoms with Gasteiger partial charge in [0.2, 0.25) is 15.2 Å². The van der Waals surface area contributed by atoms with Gasteiger partial charge in [-0.1, -0.05) is 11.3 Å². The summed E-state index contributed by atoms with van der Waals surface area (Å²) in [6.45, 7) is 6.35. The Morgan fingerprint density at radius 2 is 2.04 bits per heavy atom. The highest BCUT2D eigenvalue weighted by molar-refractivity contribution is 7.89. The van der Waals surface area contributed by atoms with Crippen molar-refractivity contribution >= 4 is 32.5 Å². The highest BCUT2D eigenvalue weighted by atomic mass is 32.2. The average molecular weight is 446 g/mol. The van der Waals surface area contributed by atoms with Crippen LogP contribution in [0.15, 0.2) is 0 Å². The lowest BCUT2D eigenvalue weighted by Crippen LogP contribution is -2.35. The van der Waals surface area contributed by atoms with E-state index in [0.29, 0.717) is 19.1 Å². The molecule has 3 heterocycles. The smallest absolute Gasteiger partial charge is 0.475 e. The molecule has 14 heteroatoms. The van der Waals surface area contributed by atoms with Gasteiger partial charge in [0.05, 0.1) is 18.5 Å². The Labute approximate surface area is 163 Å². The van der Waals surface area contributed by atoms with Crippen LogP contribution in [-0.4, -0.2) is 74.0 Å². The molecular formula is C14H21F3N4O5S2. The van der Waals surface area contributed by atoms with Crippen molar-refractivity contribution < 1.29 is 36.2 Å². The normalized spacial score (nSPS) is 24.6. The zero-order valence-electron chi connectivity index (χ0n) is 15.1. The molecule has 2 aliphatic heterocycles. The number of nitrogens with one attached hydrogen (secondary N) is 1. The van der Waals surface area contributed by atoms with E-state index in [1.165, 1.54) is 0 Å². The van der Waals surface area contributed by atoms with E-state index in [2.05, 4.69) is 19.8 Å². The number of hydrogen-bond acceptors (Lipinski definition) is 8. The predicted molar refractivity (Wildman–Crippen MR) is 94.7 cm³/mol. The summed E-state index contributed by atoms with van der Waals surface area (Å²) in [5.74, 6) is -2.05. The number of anilines is 1. The van der Waals surface area contributed by atoms with Crippen molar-refractivity contribution in [3.05, 3.63) is 5.01 Å². The van der Waals surface area contributed by atoms with Gasteiger partial charge in [0.1, 0.15) is 5.01 Å². The number of carboxylic acid groups (broad SMARTS) is 1. The fourth-order valence-electron chi connectivity index (χ4n) is 2.92. The van der Waals surface area contributed by atoms with Crippen LogP contribution in [0.25, 0.3) is 0 Å². The first-order valence-electron chi connectivity index (χ1n) is 8.37. The lowest BCUT2D eigenvalue weighted by Gasteiger charge is -2.18. The van der Waals surface area contributed by atoms with Crippen molar-refractivity contribution in [3.63, 3.8) is 0 Å². The number of aryl methyl sites for hydroxylation is 1. The third-order valence-corrected chi connectivity index (χ3v) is 6.68. The number of rotatable bonds is 5. The Bertz CT molecular complexity index is 786. The molecule has 160 valence electrons. The minimum absolute atomic E-state index is 0.116. The molecule has 0 unspecified atom stereocenters. The summed E-state index contributed by atoms with van der Waals surface area (Å²) in [5, 5.41) is 17.2. The van der Waals surface area contributed by atoms with Crippen molar-refractivity contribution in [1.82, 2.24) is 14.9 Å². The second-order valence-electron chi connectivity index (χ2n) is 6.36. The van der Waals surface area contributed by atoms with E-state index in [1.54, 1.807) is 18.3 Å². The van der Waals surface area contributed by atoms with Gasteiger partial charge in [0.15, 0.2) is 0 Å². The van der Waals surface area contributed by atoms with Crippen molar-refractivity contribution in [2.45, 2.75) is 26.1 Å². The molecule has 1 aromatic heterocycles. The highest BCUT2D eigenvalue weighted by Gasteiger charge is 2.44. The van der Waals surface area contributed by atoms with E-state index >= 15 is 0 Å². The SMILES string of the molecule is CCS(=O)(=O)NC[C@H]1CO[C@@H]2CN(c3nnc(C)s3)C[C@H]12.O=C(O)C(F)(F)F. The molecule has 0 bridgehead atoms. The minimum atomic E-state index is -5.08. The third kappa shape index (κ3) is 5.99. The summed E-state index contributed by atoms with van der Waals surface area (Å²) in [4.78, 5) is 11.1. The van der Waals surface area contributed by atoms with Gasteiger partial charge in [-0.25, -0.2) is 17.9 Å². The number of aromatic nitrogens is 2. The minimum Gasteiger partial charge on any atom is -0.475 e. The predicted octanol–water partition coefficient (Wildman–Crippen LogP) is 0.870.